The molecule has 3 aromatic rings. The normalized spacial score (nSPS) is 19.0. The molecule has 0 unspecified atom stereocenters. The first-order valence-electron chi connectivity index (χ1n) is 11.8. The number of amides is 1. The molecule has 0 aromatic heterocycles. The number of aliphatic hydroxyl groups is 1. The number of carbonyl (C=O) groups is 1. The molecule has 4 rings (SSSR count). The number of hydrazine groups is 1. The summed E-state index contributed by atoms with van der Waals surface area (Å²) in [6.07, 6.45) is 1.57. The van der Waals surface area contributed by atoms with Gasteiger partial charge in [0.1, 0.15) is 5.60 Å². The minimum Gasteiger partial charge on any atom is -0.438 e. The van der Waals surface area contributed by atoms with E-state index in [0.717, 1.165) is 27.8 Å². The highest BCUT2D eigenvalue weighted by atomic mass is 16.6. The van der Waals surface area contributed by atoms with Crippen molar-refractivity contribution >= 4 is 6.09 Å². The molecule has 2 atom stereocenters. The van der Waals surface area contributed by atoms with E-state index in [2.05, 4.69) is 54.0 Å². The Morgan fingerprint density at radius 3 is 2.26 bits per heavy atom. The molecule has 0 bridgehead atoms. The second kappa shape index (κ2) is 10.8. The summed E-state index contributed by atoms with van der Waals surface area (Å²) in [5, 5.41) is 9.40. The summed E-state index contributed by atoms with van der Waals surface area (Å²) in [4.78, 5) is 15.0. The van der Waals surface area contributed by atoms with Gasteiger partial charge in [-0.05, 0) is 47.6 Å². The fourth-order valence-electron chi connectivity index (χ4n) is 4.72. The lowest BCUT2D eigenvalue weighted by Gasteiger charge is -2.43. The molecule has 1 aliphatic heterocycles. The molecule has 4 N–H and O–H groups in total. The maximum absolute atomic E-state index is 13.2. The summed E-state index contributed by atoms with van der Waals surface area (Å²) in [6, 6.07) is 26.4. The standard InChI is InChI=1S/C28H33N3O3/c1-21(23-12-14-25(15-13-23)24-10-8-22(9-11-24)20-30-29)31-18-17-28(16-5-19-32,34-27(31)33)26-6-3-2-4-7-26/h2-4,6-15,21,30,32H,5,16-20,29H2,1H3/t21-,28+/m0/s1. The second-order valence-corrected chi connectivity index (χ2v) is 8.87. The molecule has 1 aliphatic rings. The van der Waals surface area contributed by atoms with Gasteiger partial charge in [-0.25, -0.2) is 4.79 Å². The molecule has 1 amide bonds. The maximum atomic E-state index is 13.2. The fraction of sp³-hybridized carbons (Fsp3) is 0.321. The third-order valence-corrected chi connectivity index (χ3v) is 6.77. The number of cyclic esters (lactones) is 1. The number of benzene rings is 3. The second-order valence-electron chi connectivity index (χ2n) is 8.87. The van der Waals surface area contributed by atoms with E-state index in [9.17, 15) is 9.90 Å². The smallest absolute Gasteiger partial charge is 0.411 e. The first-order valence-corrected chi connectivity index (χ1v) is 11.8. The Balaban J connectivity index is 1.47. The van der Waals surface area contributed by atoms with Crippen LogP contribution in [0, 0.1) is 0 Å². The van der Waals surface area contributed by atoms with Crippen molar-refractivity contribution in [1.29, 1.82) is 0 Å². The van der Waals surface area contributed by atoms with Gasteiger partial charge in [-0.15, -0.1) is 0 Å². The summed E-state index contributed by atoms with van der Waals surface area (Å²) in [5.41, 5.74) is 7.42. The molecule has 34 heavy (non-hydrogen) atoms. The monoisotopic (exact) mass is 459 g/mol. The van der Waals surface area contributed by atoms with Crippen molar-refractivity contribution in [2.75, 3.05) is 13.2 Å². The largest absolute Gasteiger partial charge is 0.438 e. The Kier molecular flexibility index (Phi) is 7.63. The van der Waals surface area contributed by atoms with Crippen LogP contribution in [0.15, 0.2) is 78.9 Å². The molecule has 178 valence electrons. The maximum Gasteiger partial charge on any atom is 0.411 e. The minimum atomic E-state index is -0.688. The SMILES string of the molecule is C[C@@H](c1ccc(-c2ccc(CNN)cc2)cc1)N1CC[C@](CCCO)(c2ccccc2)OC1=O. The predicted molar refractivity (Wildman–Crippen MR) is 134 cm³/mol. The third-order valence-electron chi connectivity index (χ3n) is 6.77. The van der Waals surface area contributed by atoms with E-state index in [4.69, 9.17) is 10.6 Å². The average molecular weight is 460 g/mol. The number of rotatable bonds is 9. The Labute approximate surface area is 201 Å². The number of nitrogens with zero attached hydrogens (tertiary/aromatic N) is 1. The number of nitrogens with one attached hydrogen (secondary N) is 1. The van der Waals surface area contributed by atoms with Crippen LogP contribution in [0.1, 0.15) is 48.9 Å². The van der Waals surface area contributed by atoms with Crippen molar-refractivity contribution < 1.29 is 14.6 Å². The van der Waals surface area contributed by atoms with Crippen molar-refractivity contribution in [3.05, 3.63) is 95.6 Å². The van der Waals surface area contributed by atoms with E-state index in [1.54, 1.807) is 4.90 Å². The van der Waals surface area contributed by atoms with Crippen LogP contribution in [0.2, 0.25) is 0 Å². The Morgan fingerprint density at radius 2 is 1.68 bits per heavy atom. The van der Waals surface area contributed by atoms with Gasteiger partial charge in [0.05, 0.1) is 6.04 Å². The van der Waals surface area contributed by atoms with E-state index < -0.39 is 5.60 Å². The topological polar surface area (TPSA) is 87.8 Å². The van der Waals surface area contributed by atoms with Gasteiger partial charge in [0.25, 0.3) is 0 Å². The fourth-order valence-corrected chi connectivity index (χ4v) is 4.72. The molecule has 6 nitrogen and oxygen atoms in total. The van der Waals surface area contributed by atoms with E-state index >= 15 is 0 Å². The number of carbonyl (C=O) groups excluding carboxylic acids is 1. The quantitative estimate of drug-likeness (QED) is 0.313. The average Bonchev–Trinajstić information content (AvgIpc) is 2.88. The van der Waals surface area contributed by atoms with Crippen LogP contribution < -0.4 is 11.3 Å². The van der Waals surface area contributed by atoms with Gasteiger partial charge in [0, 0.05) is 26.1 Å². The number of aliphatic hydroxyl groups excluding tert-OH is 1. The highest BCUT2D eigenvalue weighted by Crippen LogP contribution is 2.40. The van der Waals surface area contributed by atoms with Crippen molar-refractivity contribution in [1.82, 2.24) is 10.3 Å². The molecule has 6 heteroatoms. The van der Waals surface area contributed by atoms with Crippen molar-refractivity contribution in [3.63, 3.8) is 0 Å². The van der Waals surface area contributed by atoms with Crippen LogP contribution in [-0.4, -0.2) is 29.3 Å². The van der Waals surface area contributed by atoms with Crippen LogP contribution in [0.3, 0.4) is 0 Å². The zero-order valence-corrected chi connectivity index (χ0v) is 19.6. The molecule has 1 saturated heterocycles. The van der Waals surface area contributed by atoms with E-state index in [0.29, 0.717) is 32.4 Å². The van der Waals surface area contributed by atoms with Crippen LogP contribution in [-0.2, 0) is 16.9 Å². The van der Waals surface area contributed by atoms with Gasteiger partial charge >= 0.3 is 6.09 Å². The highest BCUT2D eigenvalue weighted by Gasteiger charge is 2.43. The van der Waals surface area contributed by atoms with Crippen LogP contribution in [0.5, 0.6) is 0 Å². The van der Waals surface area contributed by atoms with Gasteiger partial charge in [0.15, 0.2) is 0 Å². The lowest BCUT2D eigenvalue weighted by molar-refractivity contribution is -0.0680. The minimum absolute atomic E-state index is 0.0746. The van der Waals surface area contributed by atoms with Crippen LogP contribution in [0.25, 0.3) is 11.1 Å². The Bertz CT molecular complexity index is 1070. The lowest BCUT2D eigenvalue weighted by atomic mass is 9.84. The first-order chi connectivity index (χ1) is 16.6. The molecule has 1 fully saturated rings. The zero-order chi connectivity index (χ0) is 24.0. The molecule has 0 aliphatic carbocycles. The van der Waals surface area contributed by atoms with Gasteiger partial charge in [-0.2, -0.15) is 0 Å². The molecule has 3 aromatic carbocycles. The summed E-state index contributed by atoms with van der Waals surface area (Å²) < 4.78 is 6.10. The van der Waals surface area contributed by atoms with Crippen molar-refractivity contribution in [2.45, 2.75) is 44.4 Å². The van der Waals surface area contributed by atoms with E-state index in [-0.39, 0.29) is 18.7 Å². The number of hydrogen-bond acceptors (Lipinski definition) is 5. The Hall–Kier alpha value is -3.19. The third kappa shape index (κ3) is 5.14. The Morgan fingerprint density at radius 1 is 1.03 bits per heavy atom. The lowest BCUT2D eigenvalue weighted by Crippen LogP contribution is -2.48. The number of hydrogen-bond donors (Lipinski definition) is 3. The molecular formula is C28H33N3O3. The molecule has 1 heterocycles. The van der Waals surface area contributed by atoms with Gasteiger partial charge in [-0.3, -0.25) is 11.3 Å². The van der Waals surface area contributed by atoms with Crippen molar-refractivity contribution in [3.8, 4) is 11.1 Å². The van der Waals surface area contributed by atoms with Crippen LogP contribution >= 0.6 is 0 Å². The molecule has 0 radical (unpaired) electrons. The number of ether oxygens (including phenoxy) is 1. The molecule has 0 spiro atoms. The van der Waals surface area contributed by atoms with Gasteiger partial charge in [-0.1, -0.05) is 78.9 Å². The van der Waals surface area contributed by atoms with E-state index in [1.807, 2.05) is 37.3 Å². The predicted octanol–water partition coefficient (Wildman–Crippen LogP) is 4.89. The van der Waals surface area contributed by atoms with Gasteiger partial charge in [0.2, 0.25) is 0 Å². The molecular weight excluding hydrogens is 426 g/mol. The van der Waals surface area contributed by atoms with Crippen molar-refractivity contribution in [2.24, 2.45) is 5.84 Å². The summed E-state index contributed by atoms with van der Waals surface area (Å²) in [7, 11) is 0. The first kappa shape index (κ1) is 24.0. The van der Waals surface area contributed by atoms with Crippen LogP contribution in [0.4, 0.5) is 4.79 Å². The summed E-state index contributed by atoms with van der Waals surface area (Å²) in [6.45, 7) is 3.34. The highest BCUT2D eigenvalue weighted by molar-refractivity contribution is 5.70. The number of nitrogens with two attached hydrogens (primary N) is 1. The summed E-state index contributed by atoms with van der Waals surface area (Å²) in [5.74, 6) is 5.39. The molecule has 0 saturated carbocycles. The zero-order valence-electron chi connectivity index (χ0n) is 19.6. The summed E-state index contributed by atoms with van der Waals surface area (Å²) >= 11 is 0. The van der Waals surface area contributed by atoms with Gasteiger partial charge < -0.3 is 14.7 Å². The van der Waals surface area contributed by atoms with E-state index in [1.165, 1.54) is 0 Å².